The maximum absolute atomic E-state index is 12.0. The molecule has 2 aromatic rings. The van der Waals surface area contributed by atoms with Crippen LogP contribution in [0.25, 0.3) is 0 Å². The van der Waals surface area contributed by atoms with E-state index in [1.165, 1.54) is 4.68 Å². The topological polar surface area (TPSA) is 84.8 Å². The second-order valence-corrected chi connectivity index (χ2v) is 4.50. The third kappa shape index (κ3) is 2.37. The van der Waals surface area contributed by atoms with Gasteiger partial charge in [0.1, 0.15) is 5.69 Å². The highest BCUT2D eigenvalue weighted by molar-refractivity contribution is 6.02. The Morgan fingerprint density at radius 1 is 1.63 bits per heavy atom. The maximum atomic E-state index is 12.0. The standard InChI is InChI=1S/C12H15N5O2/c1-17-9(4-5-13-17)12(18)14-11-7-8(15-16-11)10-3-2-6-19-10/h4-5,7,10H,2-3,6H2,1H3,(H2,14,15,16,18)/t10-/m1/s1. The normalized spacial score (nSPS) is 18.7. The summed E-state index contributed by atoms with van der Waals surface area (Å²) in [5, 5.41) is 13.7. The van der Waals surface area contributed by atoms with Gasteiger partial charge in [0.2, 0.25) is 0 Å². The van der Waals surface area contributed by atoms with Gasteiger partial charge in [0.05, 0.1) is 11.8 Å². The summed E-state index contributed by atoms with van der Waals surface area (Å²) < 4.78 is 7.07. The lowest BCUT2D eigenvalue weighted by Gasteiger charge is -2.04. The zero-order valence-corrected chi connectivity index (χ0v) is 10.6. The van der Waals surface area contributed by atoms with Crippen LogP contribution < -0.4 is 5.32 Å². The number of rotatable bonds is 3. The molecule has 0 radical (unpaired) electrons. The second-order valence-electron chi connectivity index (χ2n) is 4.50. The van der Waals surface area contributed by atoms with Gasteiger partial charge in [0, 0.05) is 25.9 Å². The van der Waals surface area contributed by atoms with Gasteiger partial charge in [0.15, 0.2) is 5.82 Å². The van der Waals surface area contributed by atoms with E-state index in [-0.39, 0.29) is 12.0 Å². The number of nitrogens with one attached hydrogen (secondary N) is 2. The van der Waals surface area contributed by atoms with E-state index in [4.69, 9.17) is 4.74 Å². The van der Waals surface area contributed by atoms with Gasteiger partial charge in [-0.3, -0.25) is 14.6 Å². The number of nitrogens with zero attached hydrogens (tertiary/aromatic N) is 3. The molecule has 100 valence electrons. The van der Waals surface area contributed by atoms with E-state index in [9.17, 15) is 4.79 Å². The molecule has 0 saturated carbocycles. The fraction of sp³-hybridized carbons (Fsp3) is 0.417. The lowest BCUT2D eigenvalue weighted by Crippen LogP contribution is -2.16. The molecule has 3 heterocycles. The molecule has 2 N–H and O–H groups in total. The van der Waals surface area contributed by atoms with Crippen molar-refractivity contribution >= 4 is 11.7 Å². The van der Waals surface area contributed by atoms with Gasteiger partial charge in [-0.25, -0.2) is 0 Å². The molecular weight excluding hydrogens is 246 g/mol. The highest BCUT2D eigenvalue weighted by atomic mass is 16.5. The fourth-order valence-electron chi connectivity index (χ4n) is 2.17. The lowest BCUT2D eigenvalue weighted by atomic mass is 10.2. The number of aromatic nitrogens is 4. The largest absolute Gasteiger partial charge is 0.372 e. The number of aromatic amines is 1. The first kappa shape index (κ1) is 11.9. The Bertz CT molecular complexity index is 582. The van der Waals surface area contributed by atoms with Gasteiger partial charge in [-0.1, -0.05) is 0 Å². The van der Waals surface area contributed by atoms with E-state index in [1.54, 1.807) is 19.3 Å². The second kappa shape index (κ2) is 4.85. The molecule has 1 saturated heterocycles. The zero-order valence-electron chi connectivity index (χ0n) is 10.6. The molecule has 1 atom stereocenters. The molecule has 0 aromatic carbocycles. The Labute approximate surface area is 110 Å². The molecule has 1 amide bonds. The van der Waals surface area contributed by atoms with Crippen molar-refractivity contribution in [3.63, 3.8) is 0 Å². The van der Waals surface area contributed by atoms with Crippen LogP contribution in [0.3, 0.4) is 0 Å². The molecule has 19 heavy (non-hydrogen) atoms. The number of hydrogen-bond donors (Lipinski definition) is 2. The van der Waals surface area contributed by atoms with Crippen molar-refractivity contribution in [2.75, 3.05) is 11.9 Å². The number of amides is 1. The summed E-state index contributed by atoms with van der Waals surface area (Å²) in [5.74, 6) is 0.266. The molecule has 1 aliphatic rings. The van der Waals surface area contributed by atoms with Crippen molar-refractivity contribution in [1.82, 2.24) is 20.0 Å². The molecule has 0 spiro atoms. The third-order valence-corrected chi connectivity index (χ3v) is 3.17. The van der Waals surface area contributed by atoms with E-state index in [1.807, 2.05) is 6.07 Å². The Kier molecular flexibility index (Phi) is 3.04. The Hall–Kier alpha value is -2.15. The molecule has 0 aliphatic carbocycles. The minimum atomic E-state index is -0.231. The predicted molar refractivity (Wildman–Crippen MR) is 67.7 cm³/mol. The van der Waals surface area contributed by atoms with Crippen LogP contribution in [0, 0.1) is 0 Å². The number of carbonyl (C=O) groups is 1. The smallest absolute Gasteiger partial charge is 0.275 e. The molecule has 1 aliphatic heterocycles. The number of aryl methyl sites for hydroxylation is 1. The summed E-state index contributed by atoms with van der Waals surface area (Å²) >= 11 is 0. The molecule has 0 unspecified atom stereocenters. The van der Waals surface area contributed by atoms with Crippen LogP contribution in [0.4, 0.5) is 5.82 Å². The first-order valence-corrected chi connectivity index (χ1v) is 6.20. The predicted octanol–water partition coefficient (Wildman–Crippen LogP) is 1.25. The third-order valence-electron chi connectivity index (χ3n) is 3.17. The first-order chi connectivity index (χ1) is 9.24. The Morgan fingerprint density at radius 2 is 2.53 bits per heavy atom. The van der Waals surface area contributed by atoms with Crippen molar-refractivity contribution in [3.8, 4) is 0 Å². The van der Waals surface area contributed by atoms with Gasteiger partial charge in [-0.15, -0.1) is 0 Å². The van der Waals surface area contributed by atoms with Crippen LogP contribution in [-0.2, 0) is 11.8 Å². The van der Waals surface area contributed by atoms with Gasteiger partial charge in [-0.05, 0) is 18.9 Å². The summed E-state index contributed by atoms with van der Waals surface area (Å²) in [6.45, 7) is 0.778. The molecular formula is C12H15N5O2. The molecule has 7 heteroatoms. The minimum Gasteiger partial charge on any atom is -0.372 e. The summed E-state index contributed by atoms with van der Waals surface area (Å²) in [7, 11) is 1.72. The molecule has 2 aromatic heterocycles. The first-order valence-electron chi connectivity index (χ1n) is 6.20. The van der Waals surface area contributed by atoms with Gasteiger partial charge >= 0.3 is 0 Å². The number of hydrogen-bond acceptors (Lipinski definition) is 4. The number of anilines is 1. The quantitative estimate of drug-likeness (QED) is 0.870. The van der Waals surface area contributed by atoms with Crippen LogP contribution in [0.2, 0.25) is 0 Å². The van der Waals surface area contributed by atoms with Crippen molar-refractivity contribution in [3.05, 3.63) is 29.7 Å². The molecule has 1 fully saturated rings. The van der Waals surface area contributed by atoms with Gasteiger partial charge < -0.3 is 10.1 Å². The molecule has 0 bridgehead atoms. The van der Waals surface area contributed by atoms with Crippen LogP contribution in [0.5, 0.6) is 0 Å². The van der Waals surface area contributed by atoms with Crippen LogP contribution >= 0.6 is 0 Å². The van der Waals surface area contributed by atoms with Gasteiger partial charge in [0.25, 0.3) is 5.91 Å². The number of H-pyrrole nitrogens is 1. The summed E-state index contributed by atoms with van der Waals surface area (Å²) in [5.41, 5.74) is 1.39. The number of carbonyl (C=O) groups excluding carboxylic acids is 1. The van der Waals surface area contributed by atoms with E-state index >= 15 is 0 Å². The van der Waals surface area contributed by atoms with Gasteiger partial charge in [-0.2, -0.15) is 10.2 Å². The van der Waals surface area contributed by atoms with Crippen molar-refractivity contribution in [2.24, 2.45) is 7.05 Å². The minimum absolute atomic E-state index is 0.0647. The summed E-state index contributed by atoms with van der Waals surface area (Å²) in [6.07, 6.45) is 3.68. The van der Waals surface area contributed by atoms with Crippen molar-refractivity contribution in [1.29, 1.82) is 0 Å². The van der Waals surface area contributed by atoms with E-state index in [2.05, 4.69) is 20.6 Å². The highest BCUT2D eigenvalue weighted by Gasteiger charge is 2.20. The van der Waals surface area contributed by atoms with E-state index in [0.29, 0.717) is 11.5 Å². The zero-order chi connectivity index (χ0) is 13.2. The fourth-order valence-corrected chi connectivity index (χ4v) is 2.17. The number of ether oxygens (including phenoxy) is 1. The molecule has 7 nitrogen and oxygen atoms in total. The molecule has 3 rings (SSSR count). The maximum Gasteiger partial charge on any atom is 0.275 e. The van der Waals surface area contributed by atoms with E-state index in [0.717, 1.165) is 25.1 Å². The van der Waals surface area contributed by atoms with Crippen molar-refractivity contribution in [2.45, 2.75) is 18.9 Å². The SMILES string of the molecule is Cn1nccc1C(=O)Nc1cc([C@H]2CCCO2)[nH]n1. The van der Waals surface area contributed by atoms with Crippen LogP contribution in [0.15, 0.2) is 18.3 Å². The van der Waals surface area contributed by atoms with Crippen LogP contribution in [0.1, 0.15) is 35.1 Å². The lowest BCUT2D eigenvalue weighted by molar-refractivity contribution is 0.101. The Morgan fingerprint density at radius 3 is 3.21 bits per heavy atom. The Balaban J connectivity index is 1.70. The average molecular weight is 261 g/mol. The van der Waals surface area contributed by atoms with E-state index < -0.39 is 0 Å². The summed E-state index contributed by atoms with van der Waals surface area (Å²) in [4.78, 5) is 12.0. The summed E-state index contributed by atoms with van der Waals surface area (Å²) in [6, 6.07) is 3.47. The average Bonchev–Trinajstić information content (AvgIpc) is 3.07. The highest BCUT2D eigenvalue weighted by Crippen LogP contribution is 2.28. The van der Waals surface area contributed by atoms with Crippen LogP contribution in [-0.4, -0.2) is 32.5 Å². The van der Waals surface area contributed by atoms with Crippen molar-refractivity contribution < 1.29 is 9.53 Å². The monoisotopic (exact) mass is 261 g/mol.